The number of hydrogen-bond acceptors (Lipinski definition) is 5. The van der Waals surface area contributed by atoms with E-state index in [4.69, 9.17) is 0 Å². The third-order valence-corrected chi connectivity index (χ3v) is 7.06. The number of carbonyl (C=O) groups is 1. The zero-order chi connectivity index (χ0) is 18.6. The van der Waals surface area contributed by atoms with Crippen molar-refractivity contribution < 1.29 is 18.3 Å². The minimum absolute atomic E-state index is 0.212. The summed E-state index contributed by atoms with van der Waals surface area (Å²) in [5.41, 5.74) is 1.25. The Bertz CT molecular complexity index is 827. The number of nitrogens with zero attached hydrogens (tertiary/aromatic N) is 1. The average molecular weight is 395 g/mol. The van der Waals surface area contributed by atoms with Gasteiger partial charge in [0.05, 0.1) is 11.0 Å². The molecule has 1 fully saturated rings. The van der Waals surface area contributed by atoms with E-state index >= 15 is 0 Å². The average Bonchev–Trinajstić information content (AvgIpc) is 3.35. The molecule has 8 heteroatoms. The second-order valence-corrected chi connectivity index (χ2v) is 8.97. The first-order chi connectivity index (χ1) is 12.5. The zero-order valence-corrected chi connectivity index (χ0v) is 15.9. The van der Waals surface area contributed by atoms with Gasteiger partial charge in [-0.25, -0.2) is 8.42 Å². The van der Waals surface area contributed by atoms with Crippen LogP contribution >= 0.6 is 11.3 Å². The summed E-state index contributed by atoms with van der Waals surface area (Å²) in [6.45, 7) is 1.44. The lowest BCUT2D eigenvalue weighted by Gasteiger charge is -2.15. The number of rotatable bonds is 7. The van der Waals surface area contributed by atoms with E-state index in [-0.39, 0.29) is 10.8 Å². The Morgan fingerprint density at radius 2 is 1.88 bits per heavy atom. The van der Waals surface area contributed by atoms with Gasteiger partial charge in [-0.3, -0.25) is 4.79 Å². The fourth-order valence-electron chi connectivity index (χ4n) is 2.91. The standard InChI is InChI=1S/C18H22N2O4S2/c21-17(15-8-12-25-13-15)7-9-19-18(22)14-3-5-16(6-4-14)26(23,24)20-10-1-2-11-20/h3-6,8,12-13,17,21H,1-2,7,9-11H2,(H,19,22). The molecule has 26 heavy (non-hydrogen) atoms. The Morgan fingerprint density at radius 3 is 2.50 bits per heavy atom. The molecule has 1 saturated heterocycles. The lowest BCUT2D eigenvalue weighted by atomic mass is 10.1. The maximum Gasteiger partial charge on any atom is 0.251 e. The summed E-state index contributed by atoms with van der Waals surface area (Å²) < 4.78 is 26.4. The van der Waals surface area contributed by atoms with E-state index in [2.05, 4.69) is 5.32 Å². The van der Waals surface area contributed by atoms with Gasteiger partial charge < -0.3 is 10.4 Å². The third kappa shape index (κ3) is 4.32. The Balaban J connectivity index is 1.55. The quantitative estimate of drug-likeness (QED) is 0.755. The molecule has 0 saturated carbocycles. The molecule has 1 aliphatic rings. The van der Waals surface area contributed by atoms with Crippen molar-refractivity contribution in [2.75, 3.05) is 19.6 Å². The highest BCUT2D eigenvalue weighted by Gasteiger charge is 2.27. The second-order valence-electron chi connectivity index (χ2n) is 6.25. The van der Waals surface area contributed by atoms with Gasteiger partial charge in [0.25, 0.3) is 5.91 Å². The number of benzene rings is 1. The van der Waals surface area contributed by atoms with Crippen molar-refractivity contribution in [3.63, 3.8) is 0 Å². The van der Waals surface area contributed by atoms with Gasteiger partial charge in [0.15, 0.2) is 0 Å². The molecule has 3 rings (SSSR count). The molecule has 1 atom stereocenters. The Morgan fingerprint density at radius 1 is 1.19 bits per heavy atom. The fraction of sp³-hybridized carbons (Fsp3) is 0.389. The first-order valence-electron chi connectivity index (χ1n) is 8.57. The molecule has 1 unspecified atom stereocenters. The van der Waals surface area contributed by atoms with Gasteiger partial charge in [0.2, 0.25) is 10.0 Å². The van der Waals surface area contributed by atoms with Gasteiger partial charge in [-0.05, 0) is 65.9 Å². The predicted octanol–water partition coefficient (Wildman–Crippen LogP) is 2.39. The molecule has 1 aromatic carbocycles. The van der Waals surface area contributed by atoms with E-state index in [9.17, 15) is 18.3 Å². The maximum atomic E-state index is 12.5. The lowest BCUT2D eigenvalue weighted by Crippen LogP contribution is -2.28. The normalized spacial score (nSPS) is 16.5. The predicted molar refractivity (Wildman–Crippen MR) is 101 cm³/mol. The molecule has 6 nitrogen and oxygen atoms in total. The van der Waals surface area contributed by atoms with Crippen molar-refractivity contribution in [1.82, 2.24) is 9.62 Å². The number of thiophene rings is 1. The molecule has 1 aromatic heterocycles. The molecule has 0 spiro atoms. The first kappa shape index (κ1) is 19.0. The number of nitrogens with one attached hydrogen (secondary N) is 1. The van der Waals surface area contributed by atoms with Gasteiger partial charge in [-0.15, -0.1) is 0 Å². The molecule has 2 heterocycles. The van der Waals surface area contributed by atoms with E-state index < -0.39 is 16.1 Å². The maximum absolute atomic E-state index is 12.5. The van der Waals surface area contributed by atoms with E-state index in [1.165, 1.54) is 39.9 Å². The molecule has 1 amide bonds. The van der Waals surface area contributed by atoms with Crippen LogP contribution in [-0.4, -0.2) is 43.4 Å². The Labute approximate surface area is 157 Å². The molecule has 2 aromatic rings. The van der Waals surface area contributed by atoms with Crippen LogP contribution in [0.25, 0.3) is 0 Å². The lowest BCUT2D eigenvalue weighted by molar-refractivity contribution is 0.0942. The van der Waals surface area contributed by atoms with Crippen molar-refractivity contribution in [1.29, 1.82) is 0 Å². The van der Waals surface area contributed by atoms with Crippen molar-refractivity contribution in [2.24, 2.45) is 0 Å². The molecule has 0 aliphatic carbocycles. The fourth-order valence-corrected chi connectivity index (χ4v) is 5.14. The van der Waals surface area contributed by atoms with Crippen molar-refractivity contribution in [2.45, 2.75) is 30.3 Å². The second kappa shape index (κ2) is 8.30. The van der Waals surface area contributed by atoms with E-state index in [0.29, 0.717) is 31.6 Å². The highest BCUT2D eigenvalue weighted by molar-refractivity contribution is 7.89. The smallest absolute Gasteiger partial charge is 0.251 e. The summed E-state index contributed by atoms with van der Waals surface area (Å²) in [7, 11) is -3.46. The Kier molecular flexibility index (Phi) is 6.08. The number of aliphatic hydroxyl groups excluding tert-OH is 1. The van der Waals surface area contributed by atoms with Crippen LogP contribution in [0.2, 0.25) is 0 Å². The van der Waals surface area contributed by atoms with Crippen LogP contribution in [0.4, 0.5) is 0 Å². The number of hydrogen-bond donors (Lipinski definition) is 2. The van der Waals surface area contributed by atoms with Crippen LogP contribution in [0.3, 0.4) is 0 Å². The molecule has 0 bridgehead atoms. The van der Waals surface area contributed by atoms with Crippen LogP contribution in [0, 0.1) is 0 Å². The summed E-state index contributed by atoms with van der Waals surface area (Å²) in [6, 6.07) is 7.85. The van der Waals surface area contributed by atoms with Gasteiger partial charge in [0, 0.05) is 25.2 Å². The minimum atomic E-state index is -3.46. The van der Waals surface area contributed by atoms with Gasteiger partial charge >= 0.3 is 0 Å². The minimum Gasteiger partial charge on any atom is -0.388 e. The monoisotopic (exact) mass is 394 g/mol. The zero-order valence-electron chi connectivity index (χ0n) is 14.3. The summed E-state index contributed by atoms with van der Waals surface area (Å²) in [6.07, 6.45) is 1.59. The van der Waals surface area contributed by atoms with E-state index in [1.807, 2.05) is 16.8 Å². The topological polar surface area (TPSA) is 86.7 Å². The van der Waals surface area contributed by atoms with Gasteiger partial charge in [0.1, 0.15) is 0 Å². The Hall–Kier alpha value is -1.74. The highest BCUT2D eigenvalue weighted by Crippen LogP contribution is 2.21. The summed E-state index contributed by atoms with van der Waals surface area (Å²) >= 11 is 1.52. The van der Waals surface area contributed by atoms with Gasteiger partial charge in [-0.2, -0.15) is 15.6 Å². The molecule has 2 N–H and O–H groups in total. The molecular weight excluding hydrogens is 372 g/mol. The number of amides is 1. The third-order valence-electron chi connectivity index (χ3n) is 4.45. The number of carbonyl (C=O) groups excluding carboxylic acids is 1. The van der Waals surface area contributed by atoms with Crippen molar-refractivity contribution >= 4 is 27.3 Å². The summed E-state index contributed by atoms with van der Waals surface area (Å²) in [5, 5.41) is 16.5. The largest absolute Gasteiger partial charge is 0.388 e. The first-order valence-corrected chi connectivity index (χ1v) is 11.0. The van der Waals surface area contributed by atoms with Crippen LogP contribution in [-0.2, 0) is 10.0 Å². The van der Waals surface area contributed by atoms with E-state index in [1.54, 1.807) is 0 Å². The van der Waals surface area contributed by atoms with Crippen LogP contribution in [0.5, 0.6) is 0 Å². The van der Waals surface area contributed by atoms with Crippen LogP contribution in [0.15, 0.2) is 46.0 Å². The molecule has 140 valence electrons. The summed E-state index contributed by atoms with van der Waals surface area (Å²) in [5.74, 6) is -0.285. The highest BCUT2D eigenvalue weighted by atomic mass is 32.2. The molecule has 0 radical (unpaired) electrons. The number of sulfonamides is 1. The van der Waals surface area contributed by atoms with Crippen molar-refractivity contribution in [3.05, 3.63) is 52.2 Å². The van der Waals surface area contributed by atoms with Crippen molar-refractivity contribution in [3.8, 4) is 0 Å². The SMILES string of the molecule is O=C(NCCC(O)c1ccsc1)c1ccc(S(=O)(=O)N2CCCC2)cc1. The molecule has 1 aliphatic heterocycles. The van der Waals surface area contributed by atoms with Crippen LogP contribution < -0.4 is 5.32 Å². The van der Waals surface area contributed by atoms with Crippen LogP contribution in [0.1, 0.15) is 41.3 Å². The summed E-state index contributed by atoms with van der Waals surface area (Å²) in [4.78, 5) is 12.4. The van der Waals surface area contributed by atoms with E-state index in [0.717, 1.165) is 18.4 Å². The molecular formula is C18H22N2O4S2. The number of aliphatic hydroxyl groups is 1. The van der Waals surface area contributed by atoms with Gasteiger partial charge in [-0.1, -0.05) is 0 Å².